The zero-order valence-electron chi connectivity index (χ0n) is 13.2. The third kappa shape index (κ3) is 16.9. The van der Waals surface area contributed by atoms with E-state index < -0.39 is 5.97 Å². The second kappa shape index (κ2) is 16.0. The molecule has 0 heterocycles. The van der Waals surface area contributed by atoms with E-state index in [0.29, 0.717) is 6.42 Å². The fraction of sp³-hybridized carbons (Fsp3) is 0.722. The Bertz CT molecular complexity index is 267. The van der Waals surface area contributed by atoms with E-state index in [2.05, 4.69) is 31.2 Å². The first-order valence-corrected chi connectivity index (χ1v) is 8.29. The molecule has 0 fully saturated rings. The van der Waals surface area contributed by atoms with Crippen LogP contribution in [0.25, 0.3) is 0 Å². The van der Waals surface area contributed by atoms with Crippen molar-refractivity contribution in [3.05, 3.63) is 24.3 Å². The minimum absolute atomic E-state index is 0.331. The van der Waals surface area contributed by atoms with Crippen molar-refractivity contribution >= 4 is 5.97 Å². The van der Waals surface area contributed by atoms with Crippen molar-refractivity contribution in [3.8, 4) is 0 Å². The molecule has 0 aromatic heterocycles. The van der Waals surface area contributed by atoms with Crippen molar-refractivity contribution in [2.45, 2.75) is 84.0 Å². The quantitative estimate of drug-likeness (QED) is 0.318. The fourth-order valence-electron chi connectivity index (χ4n) is 2.10. The average molecular weight is 280 g/mol. The van der Waals surface area contributed by atoms with Gasteiger partial charge in [-0.1, -0.05) is 69.8 Å². The molecular formula is C18H32O2. The maximum Gasteiger partial charge on any atom is 0.303 e. The van der Waals surface area contributed by atoms with Crippen molar-refractivity contribution in [3.63, 3.8) is 0 Å². The molecule has 0 rings (SSSR count). The van der Waals surface area contributed by atoms with Gasteiger partial charge in [0.15, 0.2) is 0 Å². The lowest BCUT2D eigenvalue weighted by atomic mass is 10.1. The van der Waals surface area contributed by atoms with Gasteiger partial charge in [0.25, 0.3) is 0 Å². The maximum atomic E-state index is 10.3. The second-order valence-corrected chi connectivity index (χ2v) is 5.37. The predicted octanol–water partition coefficient (Wildman–Crippen LogP) is 5.88. The molecule has 0 aliphatic heterocycles. The van der Waals surface area contributed by atoms with Crippen LogP contribution in [0.4, 0.5) is 0 Å². The summed E-state index contributed by atoms with van der Waals surface area (Å²) in [4.78, 5) is 10.3. The zero-order valence-corrected chi connectivity index (χ0v) is 13.2. The molecule has 0 saturated heterocycles. The van der Waals surface area contributed by atoms with Gasteiger partial charge in [0.2, 0.25) is 0 Å². The van der Waals surface area contributed by atoms with Crippen molar-refractivity contribution in [1.29, 1.82) is 0 Å². The van der Waals surface area contributed by atoms with Gasteiger partial charge in [0.1, 0.15) is 0 Å². The van der Waals surface area contributed by atoms with Gasteiger partial charge < -0.3 is 5.11 Å². The van der Waals surface area contributed by atoms with Crippen LogP contribution in [0.5, 0.6) is 0 Å². The Balaban J connectivity index is 3.12. The Morgan fingerprint density at radius 1 is 0.800 bits per heavy atom. The van der Waals surface area contributed by atoms with E-state index in [9.17, 15) is 4.79 Å². The summed E-state index contributed by atoms with van der Waals surface area (Å²) in [6, 6.07) is 0. The fourth-order valence-corrected chi connectivity index (χ4v) is 2.10. The molecule has 0 atom stereocenters. The molecule has 0 bridgehead atoms. The predicted molar refractivity (Wildman–Crippen MR) is 87.0 cm³/mol. The van der Waals surface area contributed by atoms with Crippen molar-refractivity contribution in [2.24, 2.45) is 0 Å². The molecule has 0 aromatic rings. The summed E-state index contributed by atoms with van der Waals surface area (Å²) in [5.74, 6) is -0.665. The normalized spacial score (nSPS) is 11.7. The van der Waals surface area contributed by atoms with E-state index in [4.69, 9.17) is 5.11 Å². The lowest BCUT2D eigenvalue weighted by Gasteiger charge is -2.00. The van der Waals surface area contributed by atoms with Gasteiger partial charge in [-0.2, -0.15) is 0 Å². The van der Waals surface area contributed by atoms with Crippen LogP contribution in [0.2, 0.25) is 0 Å². The van der Waals surface area contributed by atoms with Gasteiger partial charge in [0.05, 0.1) is 0 Å². The van der Waals surface area contributed by atoms with Crippen molar-refractivity contribution in [1.82, 2.24) is 0 Å². The summed E-state index contributed by atoms with van der Waals surface area (Å²) in [7, 11) is 0. The van der Waals surface area contributed by atoms with Crippen molar-refractivity contribution in [2.75, 3.05) is 0 Å². The van der Waals surface area contributed by atoms with Crippen LogP contribution in [0.15, 0.2) is 24.3 Å². The summed E-state index contributed by atoms with van der Waals surface area (Å²) >= 11 is 0. The van der Waals surface area contributed by atoms with Crippen LogP contribution >= 0.6 is 0 Å². The Kier molecular flexibility index (Phi) is 15.2. The smallest absolute Gasteiger partial charge is 0.303 e. The zero-order chi connectivity index (χ0) is 14.9. The number of carbonyl (C=O) groups is 1. The number of unbranched alkanes of at least 4 members (excludes halogenated alkanes) is 8. The SMILES string of the molecule is CCCC=CCC=CCCCCCCCCCC(=O)O. The van der Waals surface area contributed by atoms with Crippen LogP contribution in [-0.2, 0) is 4.79 Å². The number of hydrogen-bond donors (Lipinski definition) is 1. The number of hydrogen-bond acceptors (Lipinski definition) is 1. The second-order valence-electron chi connectivity index (χ2n) is 5.37. The number of carboxylic acids is 1. The first-order chi connectivity index (χ1) is 9.77. The third-order valence-electron chi connectivity index (χ3n) is 3.32. The molecular weight excluding hydrogens is 248 g/mol. The largest absolute Gasteiger partial charge is 0.481 e. The Morgan fingerprint density at radius 3 is 1.95 bits per heavy atom. The van der Waals surface area contributed by atoms with Crippen LogP contribution in [0, 0.1) is 0 Å². The molecule has 116 valence electrons. The standard InChI is InChI=1S/C18H32O2/c1-2-3-4-5-6-7-8-9-10-11-12-13-14-15-16-17-18(19)20/h4-5,7-8H,2-3,6,9-17H2,1H3,(H,19,20). The van der Waals surface area contributed by atoms with E-state index in [-0.39, 0.29) is 0 Å². The molecule has 0 amide bonds. The first kappa shape index (κ1) is 18.9. The summed E-state index contributed by atoms with van der Waals surface area (Å²) < 4.78 is 0. The molecule has 0 saturated carbocycles. The van der Waals surface area contributed by atoms with Gasteiger partial charge in [-0.3, -0.25) is 4.79 Å². The molecule has 0 spiro atoms. The molecule has 0 aliphatic carbocycles. The minimum Gasteiger partial charge on any atom is -0.481 e. The average Bonchev–Trinajstić information content (AvgIpc) is 2.43. The highest BCUT2D eigenvalue weighted by atomic mass is 16.4. The number of carboxylic acid groups (broad SMARTS) is 1. The Labute approximate surface area is 125 Å². The minimum atomic E-state index is -0.665. The van der Waals surface area contributed by atoms with Crippen LogP contribution in [0.3, 0.4) is 0 Å². The molecule has 20 heavy (non-hydrogen) atoms. The van der Waals surface area contributed by atoms with Gasteiger partial charge >= 0.3 is 5.97 Å². The van der Waals surface area contributed by atoms with Gasteiger partial charge in [-0.25, -0.2) is 0 Å². The number of aliphatic carboxylic acids is 1. The molecule has 0 radical (unpaired) electrons. The third-order valence-corrected chi connectivity index (χ3v) is 3.32. The molecule has 2 heteroatoms. The topological polar surface area (TPSA) is 37.3 Å². The highest BCUT2D eigenvalue weighted by Crippen LogP contribution is 2.10. The molecule has 0 aromatic carbocycles. The summed E-state index contributed by atoms with van der Waals surface area (Å²) in [6.07, 6.45) is 22.3. The van der Waals surface area contributed by atoms with E-state index in [1.807, 2.05) is 0 Å². The molecule has 0 aliphatic rings. The monoisotopic (exact) mass is 280 g/mol. The molecule has 0 unspecified atom stereocenters. The number of rotatable bonds is 14. The summed E-state index contributed by atoms with van der Waals surface area (Å²) in [5, 5.41) is 8.51. The maximum absolute atomic E-state index is 10.3. The first-order valence-electron chi connectivity index (χ1n) is 8.29. The highest BCUT2D eigenvalue weighted by molar-refractivity contribution is 5.66. The van der Waals surface area contributed by atoms with Gasteiger partial charge in [-0.05, 0) is 32.1 Å². The number of allylic oxidation sites excluding steroid dienone is 4. The van der Waals surface area contributed by atoms with E-state index in [1.165, 1.54) is 51.4 Å². The summed E-state index contributed by atoms with van der Waals surface area (Å²) in [6.45, 7) is 2.20. The highest BCUT2D eigenvalue weighted by Gasteiger charge is 1.96. The molecule has 1 N–H and O–H groups in total. The van der Waals surface area contributed by atoms with Crippen LogP contribution in [0.1, 0.15) is 84.0 Å². The Morgan fingerprint density at radius 2 is 1.35 bits per heavy atom. The van der Waals surface area contributed by atoms with E-state index >= 15 is 0 Å². The lowest BCUT2D eigenvalue weighted by Crippen LogP contribution is -1.93. The van der Waals surface area contributed by atoms with E-state index in [0.717, 1.165) is 19.3 Å². The van der Waals surface area contributed by atoms with Crippen LogP contribution in [-0.4, -0.2) is 11.1 Å². The Hall–Kier alpha value is -1.05. The lowest BCUT2D eigenvalue weighted by molar-refractivity contribution is -0.137. The van der Waals surface area contributed by atoms with Crippen LogP contribution < -0.4 is 0 Å². The molecule has 2 nitrogen and oxygen atoms in total. The summed E-state index contributed by atoms with van der Waals surface area (Å²) in [5.41, 5.74) is 0. The van der Waals surface area contributed by atoms with Crippen molar-refractivity contribution < 1.29 is 9.90 Å². The van der Waals surface area contributed by atoms with Gasteiger partial charge in [0, 0.05) is 6.42 Å². The van der Waals surface area contributed by atoms with E-state index in [1.54, 1.807) is 0 Å². The van der Waals surface area contributed by atoms with Gasteiger partial charge in [-0.15, -0.1) is 0 Å².